The fraction of sp³-hybridized carbons (Fsp3) is 0.121. The van der Waals surface area contributed by atoms with Crippen molar-refractivity contribution in [3.63, 3.8) is 0 Å². The molecule has 1 unspecified atom stereocenters. The van der Waals surface area contributed by atoms with Gasteiger partial charge in [0.15, 0.2) is 0 Å². The lowest BCUT2D eigenvalue weighted by Crippen LogP contribution is -2.30. The normalized spacial score (nSPS) is 11.9. The first-order chi connectivity index (χ1) is 20.6. The largest absolute Gasteiger partial charge is 0.325 e. The first-order valence-corrected chi connectivity index (χ1v) is 15.0. The van der Waals surface area contributed by atoms with E-state index in [1.54, 1.807) is 60.7 Å². The molecule has 0 spiro atoms. The molecule has 0 aliphatic carbocycles. The smallest absolute Gasteiger partial charge is 0.272 e. The third-order valence-corrected chi connectivity index (χ3v) is 8.38. The van der Waals surface area contributed by atoms with Crippen LogP contribution in [-0.2, 0) is 9.59 Å². The van der Waals surface area contributed by atoms with Crippen molar-refractivity contribution in [3.05, 3.63) is 129 Å². The topological polar surface area (TPSA) is 87.3 Å². The second kappa shape index (κ2) is 14.9. The minimum absolute atomic E-state index is 0.0429. The van der Waals surface area contributed by atoms with E-state index < -0.39 is 22.9 Å². The van der Waals surface area contributed by atoms with E-state index >= 15 is 0 Å². The highest BCUT2D eigenvalue weighted by Gasteiger charge is 2.20. The summed E-state index contributed by atoms with van der Waals surface area (Å²) in [6, 6.07) is 24.8. The molecule has 4 aromatic rings. The Labute approximate surface area is 263 Å². The molecule has 1 atom stereocenters. The Hall–Kier alpha value is -4.11. The van der Waals surface area contributed by atoms with E-state index in [1.165, 1.54) is 36.0 Å². The molecule has 4 rings (SSSR count). The van der Waals surface area contributed by atoms with Crippen LogP contribution in [0.5, 0.6) is 0 Å². The third kappa shape index (κ3) is 8.70. The number of amides is 3. The van der Waals surface area contributed by atoms with E-state index in [9.17, 15) is 18.8 Å². The van der Waals surface area contributed by atoms with Crippen molar-refractivity contribution < 1.29 is 18.8 Å². The Morgan fingerprint density at radius 1 is 0.860 bits per heavy atom. The lowest BCUT2D eigenvalue weighted by atomic mass is 10.1. The van der Waals surface area contributed by atoms with Crippen molar-refractivity contribution in [2.45, 2.75) is 30.4 Å². The first kappa shape index (κ1) is 31.8. The van der Waals surface area contributed by atoms with Gasteiger partial charge in [-0.25, -0.2) is 4.39 Å². The zero-order valence-corrected chi connectivity index (χ0v) is 25.6. The van der Waals surface area contributed by atoms with Gasteiger partial charge >= 0.3 is 0 Å². The van der Waals surface area contributed by atoms with E-state index in [0.717, 1.165) is 10.5 Å². The number of carbonyl (C=O) groups is 3. The fourth-order valence-corrected chi connectivity index (χ4v) is 5.37. The second-order valence-corrected chi connectivity index (χ2v) is 11.6. The summed E-state index contributed by atoms with van der Waals surface area (Å²) in [5.74, 6) is -2.07. The van der Waals surface area contributed by atoms with Crippen molar-refractivity contribution in [3.8, 4) is 0 Å². The second-order valence-electron chi connectivity index (χ2n) is 9.46. The highest BCUT2D eigenvalue weighted by molar-refractivity contribution is 8.00. The summed E-state index contributed by atoms with van der Waals surface area (Å²) in [7, 11) is 0. The number of aryl methyl sites for hydroxylation is 1. The van der Waals surface area contributed by atoms with E-state index in [0.29, 0.717) is 28.4 Å². The number of hydrogen-bond donors (Lipinski definition) is 3. The van der Waals surface area contributed by atoms with Gasteiger partial charge in [-0.05, 0) is 79.6 Å². The Bertz CT molecular complexity index is 1660. The number of halogens is 3. The lowest BCUT2D eigenvalue weighted by Gasteiger charge is -2.16. The van der Waals surface area contributed by atoms with Gasteiger partial charge in [0.25, 0.3) is 11.8 Å². The molecule has 0 heterocycles. The van der Waals surface area contributed by atoms with Gasteiger partial charge in [-0.3, -0.25) is 14.4 Å². The average molecular weight is 637 g/mol. The molecule has 6 nitrogen and oxygen atoms in total. The van der Waals surface area contributed by atoms with Crippen LogP contribution in [0.2, 0.25) is 10.0 Å². The molecule has 0 aliphatic heterocycles. The summed E-state index contributed by atoms with van der Waals surface area (Å²) >= 11 is 13.7. The van der Waals surface area contributed by atoms with Crippen LogP contribution < -0.4 is 16.0 Å². The quantitative estimate of drug-likeness (QED) is 0.121. The molecule has 0 saturated heterocycles. The van der Waals surface area contributed by atoms with Crippen molar-refractivity contribution in [1.29, 1.82) is 0 Å². The number of hydrogen-bond acceptors (Lipinski definition) is 4. The molecule has 0 fully saturated rings. The summed E-state index contributed by atoms with van der Waals surface area (Å²) in [6.07, 6.45) is 1.75. The minimum Gasteiger partial charge on any atom is -0.325 e. The van der Waals surface area contributed by atoms with Crippen molar-refractivity contribution in [2.24, 2.45) is 0 Å². The van der Waals surface area contributed by atoms with Gasteiger partial charge in [0.05, 0.1) is 10.3 Å². The molecule has 3 N–H and O–H groups in total. The standard InChI is InChI=1S/C33H28Cl2FN3O3S/c1-3-30(33(42)38-23-16-15-20(2)27(35)18-23)43-24-12-7-11-22(17-24)37-32(41)29(19-25-26(34)13-8-14-28(25)36)39-31(40)21-9-5-4-6-10-21/h4-19,30H,3H2,1-2H3,(H,37,41)(H,38,42)(H,39,40)/b29-19+. The molecule has 0 aliphatic rings. The van der Waals surface area contributed by atoms with Gasteiger partial charge in [0.1, 0.15) is 11.5 Å². The molecule has 220 valence electrons. The first-order valence-electron chi connectivity index (χ1n) is 13.3. The van der Waals surface area contributed by atoms with Crippen molar-refractivity contribution in [1.82, 2.24) is 5.32 Å². The predicted molar refractivity (Wildman–Crippen MR) is 173 cm³/mol. The molecular formula is C33H28Cl2FN3O3S. The van der Waals surface area contributed by atoms with E-state index in [-0.39, 0.29) is 22.2 Å². The Balaban J connectivity index is 1.53. The lowest BCUT2D eigenvalue weighted by molar-refractivity contribution is -0.116. The van der Waals surface area contributed by atoms with Crippen molar-refractivity contribution in [2.75, 3.05) is 10.6 Å². The van der Waals surface area contributed by atoms with Gasteiger partial charge in [-0.1, -0.05) is 66.5 Å². The highest BCUT2D eigenvalue weighted by Crippen LogP contribution is 2.30. The maximum Gasteiger partial charge on any atom is 0.272 e. The van der Waals surface area contributed by atoms with Crippen LogP contribution in [0, 0.1) is 12.7 Å². The molecule has 0 radical (unpaired) electrons. The number of anilines is 2. The zero-order chi connectivity index (χ0) is 30.9. The molecule has 0 saturated carbocycles. The zero-order valence-electron chi connectivity index (χ0n) is 23.3. The van der Waals surface area contributed by atoms with E-state index in [4.69, 9.17) is 23.2 Å². The maximum atomic E-state index is 14.6. The number of rotatable bonds is 10. The van der Waals surface area contributed by atoms with E-state index in [2.05, 4.69) is 16.0 Å². The highest BCUT2D eigenvalue weighted by atomic mass is 35.5. The third-order valence-electron chi connectivity index (χ3n) is 6.29. The Kier molecular flexibility index (Phi) is 11.0. The fourth-order valence-electron chi connectivity index (χ4n) is 3.96. The molecular weight excluding hydrogens is 608 g/mol. The van der Waals surface area contributed by atoms with Crippen LogP contribution >= 0.6 is 35.0 Å². The summed E-state index contributed by atoms with van der Waals surface area (Å²) in [6.45, 7) is 3.79. The van der Waals surface area contributed by atoms with Gasteiger partial charge < -0.3 is 16.0 Å². The summed E-state index contributed by atoms with van der Waals surface area (Å²) < 4.78 is 14.6. The van der Waals surface area contributed by atoms with Gasteiger partial charge in [-0.15, -0.1) is 11.8 Å². The number of thioether (sulfide) groups is 1. The van der Waals surface area contributed by atoms with Crippen LogP contribution in [0.25, 0.3) is 6.08 Å². The summed E-state index contributed by atoms with van der Waals surface area (Å²) in [5.41, 5.74) is 1.99. The minimum atomic E-state index is -0.688. The Morgan fingerprint density at radius 3 is 2.28 bits per heavy atom. The number of benzene rings is 4. The number of nitrogens with one attached hydrogen (secondary N) is 3. The monoisotopic (exact) mass is 635 g/mol. The molecule has 0 aromatic heterocycles. The molecule has 4 aromatic carbocycles. The number of carbonyl (C=O) groups excluding carboxylic acids is 3. The van der Waals surface area contributed by atoms with Crippen molar-refractivity contribution >= 4 is 70.1 Å². The van der Waals surface area contributed by atoms with Gasteiger partial charge in [0, 0.05) is 32.4 Å². The van der Waals surface area contributed by atoms with Gasteiger partial charge in [0.2, 0.25) is 5.91 Å². The molecule has 10 heteroatoms. The van der Waals surface area contributed by atoms with E-state index in [1.807, 2.05) is 26.0 Å². The van der Waals surface area contributed by atoms with Crippen LogP contribution in [0.4, 0.5) is 15.8 Å². The molecule has 3 amide bonds. The summed E-state index contributed by atoms with van der Waals surface area (Å²) in [5, 5.41) is 8.45. The van der Waals surface area contributed by atoms with Gasteiger partial charge in [-0.2, -0.15) is 0 Å². The van der Waals surface area contributed by atoms with Crippen LogP contribution in [-0.4, -0.2) is 23.0 Å². The SMILES string of the molecule is CCC(Sc1cccc(NC(=O)/C(=C\c2c(F)cccc2Cl)NC(=O)c2ccccc2)c1)C(=O)Nc1ccc(C)c(Cl)c1. The molecule has 43 heavy (non-hydrogen) atoms. The van der Waals surface area contributed by atoms with Crippen LogP contribution in [0.1, 0.15) is 34.8 Å². The predicted octanol–water partition coefficient (Wildman–Crippen LogP) is 8.36. The Morgan fingerprint density at radius 2 is 1.58 bits per heavy atom. The van der Waals surface area contributed by atoms with Crippen LogP contribution in [0.3, 0.4) is 0 Å². The maximum absolute atomic E-state index is 14.6. The average Bonchev–Trinajstić information content (AvgIpc) is 2.99. The summed E-state index contributed by atoms with van der Waals surface area (Å²) in [4.78, 5) is 40.1. The molecule has 0 bridgehead atoms. The van der Waals surface area contributed by atoms with Crippen LogP contribution in [0.15, 0.2) is 102 Å².